The maximum Gasteiger partial charge on any atom is 0.471 e. The number of anilines is 1. The molecule has 160 valence electrons. The number of hydrogen-bond donors (Lipinski definition) is 3. The third kappa shape index (κ3) is 8.05. The molecule has 0 bridgehead atoms. The van der Waals surface area contributed by atoms with Crippen molar-refractivity contribution in [3.63, 3.8) is 0 Å². The highest BCUT2D eigenvalue weighted by Gasteiger charge is 2.38. The van der Waals surface area contributed by atoms with Crippen LogP contribution >= 0.6 is 0 Å². The molecule has 0 atom stereocenters. The lowest BCUT2D eigenvalue weighted by Crippen LogP contribution is -2.38. The lowest BCUT2D eigenvalue weighted by molar-refractivity contribution is -0.682. The molecule has 28 heavy (non-hydrogen) atoms. The number of rotatable bonds is 10. The van der Waals surface area contributed by atoms with Crippen LogP contribution in [0.15, 0.2) is 12.4 Å². The van der Waals surface area contributed by atoms with Gasteiger partial charge in [0.1, 0.15) is 0 Å². The minimum Gasteiger partial charge on any atom is -0.348 e. The van der Waals surface area contributed by atoms with Gasteiger partial charge in [0.2, 0.25) is 0 Å². The monoisotopic (exact) mass is 418 g/mol. The molecule has 1 aromatic heterocycles. The second kappa shape index (κ2) is 10.2. The molecule has 0 aliphatic carbocycles. The fourth-order valence-corrected chi connectivity index (χ4v) is 2.28. The Bertz CT molecular complexity index is 603. The summed E-state index contributed by atoms with van der Waals surface area (Å²) < 4.78 is 75.4. The SMILES string of the molecule is Nc1n(CCCCNC(=O)C(F)(F)F)cc[n+]1CCCCNC(=O)C(F)(F)F. The summed E-state index contributed by atoms with van der Waals surface area (Å²) in [5, 5.41) is 3.55. The van der Waals surface area contributed by atoms with Gasteiger partial charge in [0.05, 0.1) is 25.5 Å². The van der Waals surface area contributed by atoms with Crippen molar-refractivity contribution in [3.05, 3.63) is 12.4 Å². The van der Waals surface area contributed by atoms with Gasteiger partial charge in [-0.3, -0.25) is 15.3 Å². The number of imidazole rings is 1. The number of nitrogen functional groups attached to an aromatic ring is 1. The minimum absolute atomic E-state index is 0.108. The first kappa shape index (κ1) is 23.6. The molecular weight excluding hydrogens is 396 g/mol. The number of hydrogen-bond acceptors (Lipinski definition) is 3. The van der Waals surface area contributed by atoms with Crippen LogP contribution in [0, 0.1) is 0 Å². The number of amides is 2. The Morgan fingerprint density at radius 3 is 1.93 bits per heavy atom. The Morgan fingerprint density at radius 2 is 1.43 bits per heavy atom. The van der Waals surface area contributed by atoms with Crippen LogP contribution in [0.3, 0.4) is 0 Å². The Kier molecular flexibility index (Phi) is 8.57. The quantitative estimate of drug-likeness (QED) is 0.304. The summed E-state index contributed by atoms with van der Waals surface area (Å²) in [7, 11) is 0. The second-order valence-electron chi connectivity index (χ2n) is 5.96. The number of halogens is 6. The van der Waals surface area contributed by atoms with E-state index in [4.69, 9.17) is 5.73 Å². The molecule has 0 aliphatic heterocycles. The first-order chi connectivity index (χ1) is 12.9. The van der Waals surface area contributed by atoms with Gasteiger partial charge in [0.15, 0.2) is 0 Å². The summed E-state index contributed by atoms with van der Waals surface area (Å²) in [5.41, 5.74) is 5.93. The van der Waals surface area contributed by atoms with E-state index in [1.165, 1.54) is 0 Å². The molecule has 0 fully saturated rings. The fourth-order valence-electron chi connectivity index (χ4n) is 2.28. The van der Waals surface area contributed by atoms with E-state index < -0.39 is 24.2 Å². The molecule has 0 aliphatic rings. The van der Waals surface area contributed by atoms with Crippen LogP contribution in [0.25, 0.3) is 0 Å². The Labute approximate surface area is 156 Å². The van der Waals surface area contributed by atoms with E-state index in [1.54, 1.807) is 32.2 Å². The van der Waals surface area contributed by atoms with Gasteiger partial charge >= 0.3 is 30.1 Å². The van der Waals surface area contributed by atoms with Gasteiger partial charge in [-0.2, -0.15) is 26.3 Å². The number of carbonyl (C=O) groups is 2. The van der Waals surface area contributed by atoms with Gasteiger partial charge in [0.25, 0.3) is 0 Å². The zero-order valence-electron chi connectivity index (χ0n) is 14.9. The number of carbonyl (C=O) groups excluding carboxylic acids is 2. The molecule has 0 aromatic carbocycles. The summed E-state index contributed by atoms with van der Waals surface area (Å²) in [6.45, 7) is 0.650. The number of aromatic nitrogens is 2. The fraction of sp³-hybridized carbons (Fsp3) is 0.667. The molecule has 0 saturated heterocycles. The molecule has 2 amide bonds. The molecule has 7 nitrogen and oxygen atoms in total. The molecular formula is C15H22F6N5O2+. The van der Waals surface area contributed by atoms with E-state index in [0.29, 0.717) is 44.7 Å². The summed E-state index contributed by atoms with van der Waals surface area (Å²) in [4.78, 5) is 21.3. The second-order valence-corrected chi connectivity index (χ2v) is 5.96. The topological polar surface area (TPSA) is 93.0 Å². The maximum absolute atomic E-state index is 12.0. The molecule has 1 heterocycles. The van der Waals surface area contributed by atoms with Crippen molar-refractivity contribution in [1.29, 1.82) is 0 Å². The van der Waals surface area contributed by atoms with Crippen molar-refractivity contribution in [2.75, 3.05) is 18.8 Å². The van der Waals surface area contributed by atoms with E-state index in [2.05, 4.69) is 0 Å². The number of aryl methyl sites for hydroxylation is 2. The molecule has 1 aromatic rings. The lowest BCUT2D eigenvalue weighted by atomic mass is 10.3. The van der Waals surface area contributed by atoms with E-state index in [9.17, 15) is 35.9 Å². The molecule has 13 heteroatoms. The number of unbranched alkanes of at least 4 members (excludes halogenated alkanes) is 2. The summed E-state index contributed by atoms with van der Waals surface area (Å²) in [6, 6.07) is 0. The smallest absolute Gasteiger partial charge is 0.348 e. The van der Waals surface area contributed by atoms with Crippen LogP contribution in [-0.4, -0.2) is 41.8 Å². The molecule has 0 unspecified atom stereocenters. The predicted molar refractivity (Wildman–Crippen MR) is 85.6 cm³/mol. The van der Waals surface area contributed by atoms with Crippen molar-refractivity contribution in [2.45, 2.75) is 51.1 Å². The molecule has 0 spiro atoms. The first-order valence-corrected chi connectivity index (χ1v) is 8.47. The van der Waals surface area contributed by atoms with Gasteiger partial charge in [-0.25, -0.2) is 9.13 Å². The summed E-state index contributed by atoms with van der Waals surface area (Å²) in [6.07, 6.45) is -4.81. The maximum atomic E-state index is 12.0. The first-order valence-electron chi connectivity index (χ1n) is 8.47. The predicted octanol–water partition coefficient (Wildman–Crippen LogP) is 1.28. The van der Waals surface area contributed by atoms with Crippen LogP contribution in [0.2, 0.25) is 0 Å². The highest BCUT2D eigenvalue weighted by atomic mass is 19.4. The Hall–Kier alpha value is -2.47. The zero-order valence-corrected chi connectivity index (χ0v) is 14.9. The third-order valence-electron chi connectivity index (χ3n) is 3.75. The van der Waals surface area contributed by atoms with E-state index in [0.717, 1.165) is 0 Å². The van der Waals surface area contributed by atoms with E-state index in [1.807, 2.05) is 0 Å². The Morgan fingerprint density at radius 1 is 0.929 bits per heavy atom. The number of alkyl halides is 6. The van der Waals surface area contributed by atoms with E-state index >= 15 is 0 Å². The van der Waals surface area contributed by atoms with Crippen molar-refractivity contribution in [1.82, 2.24) is 15.2 Å². The van der Waals surface area contributed by atoms with Gasteiger partial charge < -0.3 is 10.6 Å². The molecule has 4 N–H and O–H groups in total. The Balaban J connectivity index is 2.25. The van der Waals surface area contributed by atoms with Gasteiger partial charge in [0, 0.05) is 13.1 Å². The highest BCUT2D eigenvalue weighted by molar-refractivity contribution is 5.81. The molecule has 0 saturated carbocycles. The summed E-state index contributed by atoms with van der Waals surface area (Å²) in [5.74, 6) is -3.56. The molecule has 1 rings (SSSR count). The minimum atomic E-state index is -4.90. The van der Waals surface area contributed by atoms with E-state index in [-0.39, 0.29) is 13.1 Å². The van der Waals surface area contributed by atoms with Crippen LogP contribution in [0.5, 0.6) is 0 Å². The molecule has 0 radical (unpaired) electrons. The highest BCUT2D eigenvalue weighted by Crippen LogP contribution is 2.14. The average molecular weight is 418 g/mol. The van der Waals surface area contributed by atoms with Crippen molar-refractivity contribution in [3.8, 4) is 0 Å². The van der Waals surface area contributed by atoms with Crippen LogP contribution < -0.4 is 20.9 Å². The lowest BCUT2D eigenvalue weighted by Gasteiger charge is -2.08. The van der Waals surface area contributed by atoms with Gasteiger partial charge in [-0.1, -0.05) is 0 Å². The van der Waals surface area contributed by atoms with Crippen LogP contribution in [-0.2, 0) is 22.7 Å². The van der Waals surface area contributed by atoms with Crippen LogP contribution in [0.4, 0.5) is 32.3 Å². The number of nitrogens with two attached hydrogens (primary N) is 1. The standard InChI is InChI=1S/C15H21F6N5O2/c16-14(17,18)11(27)23-5-1-3-7-25-9-10-26(13(25)22)8-4-2-6-24-12(28)15(19,20)21/h9-10,22H,1-8H2,(H2,23,24,27,28)/p+1. The number of nitrogens with zero attached hydrogens (tertiary/aromatic N) is 2. The van der Waals surface area contributed by atoms with Gasteiger partial charge in [-0.05, 0) is 25.7 Å². The number of nitrogens with one attached hydrogen (secondary N) is 2. The van der Waals surface area contributed by atoms with Gasteiger partial charge in [-0.15, -0.1) is 0 Å². The zero-order chi connectivity index (χ0) is 21.4. The largest absolute Gasteiger partial charge is 0.471 e. The average Bonchev–Trinajstić information content (AvgIpc) is 2.92. The van der Waals surface area contributed by atoms with Crippen molar-refractivity contribution in [2.24, 2.45) is 0 Å². The normalized spacial score (nSPS) is 12.1. The third-order valence-corrected chi connectivity index (χ3v) is 3.75. The van der Waals surface area contributed by atoms with Crippen molar-refractivity contribution < 1.29 is 40.5 Å². The summed E-state index contributed by atoms with van der Waals surface area (Å²) >= 11 is 0. The van der Waals surface area contributed by atoms with Crippen molar-refractivity contribution >= 4 is 17.8 Å². The van der Waals surface area contributed by atoms with Crippen LogP contribution in [0.1, 0.15) is 25.7 Å².